The second-order valence-electron chi connectivity index (χ2n) is 23.2. The standard InChI is InChI=1S/C57H83N5O20P2/c1-30(2)28-62-23-20-57(21-24-62)59-45-42-43-49(67)36(8)53-44(42)54(69)56(11,82-53)79-26-19-39(77-12)33(5)52(80-38(10)64)35(7)48(66)34(6)51(31(3)16-15-17-32(4)55(70)58-47(50(43)68)46(45)60-57)81-40(65)29-61(25-27-78-37(9)63)22-14-13-18-41(83(71,72)73)84(74,75)76/h15-17,19,26,30-31,33-35,39,41,48,51-52,66-68H,13-14,18,20-25,27-29H2,1-12H3,(H,58,70)(H2,71,72,73)(H2,74,75,76)/b16-15+,26-19+,32-17-/t31-,33+,34-,35+,39-,48+,51-,52+,56-/m0/s1. The lowest BCUT2D eigenvalue weighted by atomic mass is 9.78. The molecule has 466 valence electrons. The van der Waals surface area contributed by atoms with E-state index in [9.17, 15) is 68.0 Å². The van der Waals surface area contributed by atoms with Crippen LogP contribution >= 0.6 is 15.2 Å². The van der Waals surface area contributed by atoms with Gasteiger partial charge in [-0.05, 0) is 45.2 Å². The van der Waals surface area contributed by atoms with E-state index in [-0.39, 0.29) is 82.2 Å². The van der Waals surface area contributed by atoms with E-state index in [2.05, 4.69) is 24.1 Å². The van der Waals surface area contributed by atoms with Gasteiger partial charge in [0.1, 0.15) is 41.4 Å². The monoisotopic (exact) mass is 1220 g/mol. The molecule has 2 aromatic carbocycles. The molecule has 4 heterocycles. The van der Waals surface area contributed by atoms with Gasteiger partial charge < -0.3 is 73.5 Å². The molecular weight excluding hydrogens is 1140 g/mol. The van der Waals surface area contributed by atoms with Crippen molar-refractivity contribution in [3.8, 4) is 17.2 Å². The predicted octanol–water partition coefficient (Wildman–Crippen LogP) is 5.02. The molecule has 1 fully saturated rings. The van der Waals surface area contributed by atoms with Crippen LogP contribution in [0.1, 0.15) is 117 Å². The smallest absolute Gasteiger partial charge is 0.340 e. The molecular formula is C57H83N5O20P2. The van der Waals surface area contributed by atoms with Gasteiger partial charge in [0, 0.05) is 107 Å². The summed E-state index contributed by atoms with van der Waals surface area (Å²) < 4.78 is 59.5. The number of esters is 3. The average Bonchev–Trinajstić information content (AvgIpc) is 1.67. The summed E-state index contributed by atoms with van der Waals surface area (Å²) >= 11 is 0. The Labute approximate surface area is 488 Å². The zero-order valence-electron chi connectivity index (χ0n) is 49.8. The van der Waals surface area contributed by atoms with Crippen molar-refractivity contribution >= 4 is 61.2 Å². The maximum atomic E-state index is 15.0. The maximum Gasteiger partial charge on any atom is 0.340 e. The Morgan fingerprint density at radius 3 is 2.10 bits per heavy atom. The first-order chi connectivity index (χ1) is 39.1. The van der Waals surface area contributed by atoms with Crippen LogP contribution < -0.4 is 20.8 Å². The number of carbonyl (C=O) groups is 5. The minimum absolute atomic E-state index is 0.0222. The fourth-order valence-corrected chi connectivity index (χ4v) is 14.2. The van der Waals surface area contributed by atoms with Crippen molar-refractivity contribution in [2.24, 2.45) is 39.6 Å². The summed E-state index contributed by atoms with van der Waals surface area (Å²) in [4.78, 5) is 121. The van der Waals surface area contributed by atoms with E-state index in [0.717, 1.165) is 6.54 Å². The summed E-state index contributed by atoms with van der Waals surface area (Å²) in [5.41, 5.74) is -1.04. The Bertz CT molecular complexity index is 3130. The van der Waals surface area contributed by atoms with Crippen LogP contribution in [0.5, 0.6) is 17.2 Å². The number of aliphatic hydroxyl groups is 1. The van der Waals surface area contributed by atoms with Gasteiger partial charge in [0.15, 0.2) is 16.8 Å². The van der Waals surface area contributed by atoms with Crippen LogP contribution in [0.4, 0.5) is 5.69 Å². The third kappa shape index (κ3) is 15.5. The SMILES string of the molecule is CO[C@H]1/C=C/O[C@@]2(C)Oc3c(C)c(O)c4c(O)c(c5c(c4c3C2=O)=NC2(CCN(CC(C)C)CC2)N=5)NC(=O)/C(C)=C\C=C\[C@H](C)[C@H](OC(=O)CN(CCCCC(P(=O)(O)O)P(=O)(O)O)CCOC(C)=O)[C@@H](C)[C@@H](O)[C@@H](C)[C@H](OC(C)=O)[C@@H]1C. The minimum Gasteiger partial charge on any atom is -0.507 e. The van der Waals surface area contributed by atoms with Gasteiger partial charge in [0.2, 0.25) is 0 Å². The summed E-state index contributed by atoms with van der Waals surface area (Å²) in [5.74, 6) is -9.53. The van der Waals surface area contributed by atoms with E-state index in [0.29, 0.717) is 31.8 Å². The molecule has 2 aromatic rings. The van der Waals surface area contributed by atoms with Gasteiger partial charge in [0.05, 0.1) is 41.3 Å². The van der Waals surface area contributed by atoms with E-state index >= 15 is 0 Å². The summed E-state index contributed by atoms with van der Waals surface area (Å²) in [6.45, 7) is 19.3. The second kappa shape index (κ2) is 27.4. The van der Waals surface area contributed by atoms with Gasteiger partial charge >= 0.3 is 38.9 Å². The number of benzene rings is 2. The number of carbonyl (C=O) groups excluding carboxylic acids is 5. The fraction of sp³-hybridized carbons (Fsp3) is 0.632. The van der Waals surface area contributed by atoms with Crippen LogP contribution in [0.15, 0.2) is 46.1 Å². The number of hydrogen-bond acceptors (Lipinski definition) is 20. The van der Waals surface area contributed by atoms with E-state index in [1.165, 1.54) is 65.0 Å². The Balaban J connectivity index is 1.43. The zero-order valence-corrected chi connectivity index (χ0v) is 51.6. The maximum absolute atomic E-state index is 15.0. The molecule has 6 rings (SSSR count). The lowest BCUT2D eigenvalue weighted by molar-refractivity contribution is -0.166. The predicted molar refractivity (Wildman–Crippen MR) is 306 cm³/mol. The summed E-state index contributed by atoms with van der Waals surface area (Å²) in [5, 5.41) is 37.4. The number of ketones is 1. The molecule has 4 aliphatic rings. The summed E-state index contributed by atoms with van der Waals surface area (Å²) in [6, 6.07) is 0. The molecule has 1 spiro atoms. The molecule has 84 heavy (non-hydrogen) atoms. The number of hydrogen-bond donors (Lipinski definition) is 8. The Morgan fingerprint density at radius 2 is 1.50 bits per heavy atom. The number of aliphatic hydroxyl groups excluding tert-OH is 1. The van der Waals surface area contributed by atoms with Crippen molar-refractivity contribution in [2.75, 3.05) is 58.3 Å². The first-order valence-corrected chi connectivity index (χ1v) is 31.6. The van der Waals surface area contributed by atoms with E-state index in [1.807, 2.05) is 0 Å². The Hall–Kier alpha value is -5.59. The van der Waals surface area contributed by atoms with Gasteiger partial charge in [-0.25, -0.2) is 0 Å². The molecule has 0 saturated carbocycles. The van der Waals surface area contributed by atoms with Gasteiger partial charge in [-0.15, -0.1) is 0 Å². The number of ether oxygens (including phenoxy) is 6. The highest BCUT2D eigenvalue weighted by Crippen LogP contribution is 2.61. The molecule has 1 amide bonds. The first kappa shape index (κ1) is 67.5. The molecule has 0 unspecified atom stereocenters. The van der Waals surface area contributed by atoms with Gasteiger partial charge in [0.25, 0.3) is 11.7 Å². The minimum atomic E-state index is -5.19. The fourth-order valence-electron chi connectivity index (χ4n) is 11.6. The van der Waals surface area contributed by atoms with Crippen LogP contribution in [0.2, 0.25) is 0 Å². The van der Waals surface area contributed by atoms with Gasteiger partial charge in [-0.1, -0.05) is 66.2 Å². The van der Waals surface area contributed by atoms with Crippen molar-refractivity contribution in [1.29, 1.82) is 0 Å². The average molecular weight is 1220 g/mol. The van der Waals surface area contributed by atoms with Gasteiger partial charge in [-0.3, -0.25) is 48.0 Å². The number of likely N-dealkylation sites (tertiary alicyclic amines) is 1. The number of unbranched alkanes of at least 4 members (excludes halogenated alkanes) is 1. The van der Waals surface area contributed by atoms with Crippen LogP contribution in [0.3, 0.4) is 0 Å². The van der Waals surface area contributed by atoms with E-state index in [1.54, 1.807) is 39.8 Å². The number of Topliss-reactive ketones (excluding diaryl/α,β-unsaturated/α-hetero) is 1. The highest BCUT2D eigenvalue weighted by Gasteiger charge is 2.51. The lowest BCUT2D eigenvalue weighted by Crippen LogP contribution is -2.48. The topological polar surface area (TPSA) is 360 Å². The molecule has 8 N–H and O–H groups in total. The number of methoxy groups -OCH3 is 1. The number of anilines is 1. The van der Waals surface area contributed by atoms with Gasteiger partial charge in [-0.2, -0.15) is 0 Å². The molecule has 0 radical (unpaired) electrons. The normalized spacial score (nSPS) is 27.4. The van der Waals surface area contributed by atoms with Crippen LogP contribution in [0, 0.1) is 36.5 Å². The number of phenols is 2. The number of fused-ring (bicyclic) bond motifs is 1. The molecule has 4 bridgehead atoms. The van der Waals surface area contributed by atoms with E-state index < -0.39 is 134 Å². The number of nitrogens with one attached hydrogen (secondary N) is 1. The number of nitrogens with zero attached hydrogens (tertiary/aromatic N) is 4. The number of allylic oxidation sites excluding steroid dienone is 2. The lowest BCUT2D eigenvalue weighted by Gasteiger charge is -2.39. The van der Waals surface area contributed by atoms with Crippen molar-refractivity contribution in [3.63, 3.8) is 0 Å². The van der Waals surface area contributed by atoms with Crippen molar-refractivity contribution in [3.05, 3.63) is 58.0 Å². The zero-order chi connectivity index (χ0) is 62.6. The van der Waals surface area contributed by atoms with Crippen LogP contribution in [-0.4, -0.2) is 169 Å². The first-order valence-electron chi connectivity index (χ1n) is 28.2. The Morgan fingerprint density at radius 1 is 0.869 bits per heavy atom. The number of aromatic hydroxyl groups is 2. The van der Waals surface area contributed by atoms with E-state index in [4.69, 9.17) is 38.4 Å². The molecule has 25 nitrogen and oxygen atoms in total. The molecule has 0 aliphatic carbocycles. The van der Waals surface area contributed by atoms with Crippen LogP contribution in [0.25, 0.3) is 10.8 Å². The van der Waals surface area contributed by atoms with Crippen molar-refractivity contribution < 1.29 is 96.4 Å². The molecule has 9 atom stereocenters. The summed E-state index contributed by atoms with van der Waals surface area (Å²) in [7, 11) is -8.98. The van der Waals surface area contributed by atoms with Crippen molar-refractivity contribution in [1.82, 2.24) is 9.80 Å². The molecule has 1 saturated heterocycles. The molecule has 27 heteroatoms. The number of amides is 1. The summed E-state index contributed by atoms with van der Waals surface area (Å²) in [6.07, 6.45) is 3.22. The van der Waals surface area contributed by atoms with Crippen LogP contribution in [-0.2, 0) is 52.0 Å². The second-order valence-corrected chi connectivity index (χ2v) is 27.2. The van der Waals surface area contributed by atoms with Crippen molar-refractivity contribution in [2.45, 2.75) is 150 Å². The largest absolute Gasteiger partial charge is 0.507 e. The molecule has 0 aromatic heterocycles. The number of phenolic OH excluding ortho intramolecular Hbond substituents is 2. The quantitative estimate of drug-likeness (QED) is 0.0339. The molecule has 4 aliphatic heterocycles. The third-order valence-corrected chi connectivity index (χ3v) is 20.0. The highest BCUT2D eigenvalue weighted by molar-refractivity contribution is 7.70. The Kier molecular flexibility index (Phi) is 22.0. The number of piperidine rings is 1. The highest BCUT2D eigenvalue weighted by atomic mass is 31.2. The number of rotatable bonds is 17. The third-order valence-electron chi connectivity index (χ3n) is 16.1.